The molecule has 0 amide bonds. The molecule has 0 unspecified atom stereocenters. The molecule has 2 N–H and O–H groups in total. The number of methoxy groups -OCH3 is 1. The molecule has 6 nitrogen and oxygen atoms in total. The Morgan fingerprint density at radius 2 is 2.12 bits per heavy atom. The van der Waals surface area contributed by atoms with Crippen molar-refractivity contribution >= 4 is 11.6 Å². The van der Waals surface area contributed by atoms with Crippen LogP contribution in [0.3, 0.4) is 0 Å². The predicted octanol–water partition coefficient (Wildman–Crippen LogP) is 0.734. The van der Waals surface area contributed by atoms with Crippen molar-refractivity contribution in [1.82, 2.24) is 9.97 Å². The second kappa shape index (κ2) is 5.18. The predicted molar refractivity (Wildman–Crippen MR) is 67.7 cm³/mol. The van der Waals surface area contributed by atoms with Crippen molar-refractivity contribution in [2.45, 2.75) is 19.4 Å². The molecule has 6 heteroatoms. The minimum atomic E-state index is -0.424. The lowest BCUT2D eigenvalue weighted by molar-refractivity contribution is 0.215. The van der Waals surface area contributed by atoms with Gasteiger partial charge >= 0.3 is 0 Å². The minimum absolute atomic E-state index is 0.0194. The maximum atomic E-state index is 9.37. The molecule has 0 aromatic carbocycles. The first-order chi connectivity index (χ1) is 7.97. The fourth-order valence-corrected chi connectivity index (χ4v) is 1.36. The van der Waals surface area contributed by atoms with Gasteiger partial charge in [-0.1, -0.05) is 0 Å². The summed E-state index contributed by atoms with van der Waals surface area (Å²) < 4.78 is 5.32. The highest BCUT2D eigenvalue weighted by Gasteiger charge is 2.27. The summed E-state index contributed by atoms with van der Waals surface area (Å²) in [4.78, 5) is 10.2. The Kier molecular flexibility index (Phi) is 4.11. The lowest BCUT2D eigenvalue weighted by atomic mass is 10.1. The third kappa shape index (κ3) is 2.58. The Hall–Kier alpha value is -1.56. The average Bonchev–Trinajstić information content (AvgIpc) is 2.36. The molecule has 1 aromatic heterocycles. The maximum absolute atomic E-state index is 9.37. The van der Waals surface area contributed by atoms with Crippen LogP contribution in [-0.2, 0) is 0 Å². The normalized spacial score (nSPS) is 11.2. The molecule has 0 aliphatic carbocycles. The number of hydrogen-bond donors (Lipinski definition) is 2. The Balaban J connectivity index is 3.22. The van der Waals surface area contributed by atoms with Crippen LogP contribution in [0, 0.1) is 0 Å². The van der Waals surface area contributed by atoms with Gasteiger partial charge in [-0.25, -0.2) is 9.97 Å². The summed E-state index contributed by atoms with van der Waals surface area (Å²) in [5, 5.41) is 12.3. The number of aliphatic hydroxyl groups is 1. The van der Waals surface area contributed by atoms with Gasteiger partial charge in [-0.15, -0.1) is 0 Å². The van der Waals surface area contributed by atoms with Gasteiger partial charge in [0, 0.05) is 14.1 Å². The average molecular weight is 240 g/mol. The smallest absolute Gasteiger partial charge is 0.204 e. The van der Waals surface area contributed by atoms with Gasteiger partial charge in [0.15, 0.2) is 11.6 Å². The van der Waals surface area contributed by atoms with Crippen molar-refractivity contribution in [2.75, 3.05) is 38.0 Å². The third-order valence-electron chi connectivity index (χ3n) is 2.84. The zero-order valence-electron chi connectivity index (χ0n) is 11.0. The Bertz CT molecular complexity index is 382. The van der Waals surface area contributed by atoms with E-state index in [4.69, 9.17) is 4.74 Å². The molecule has 0 atom stereocenters. The molecule has 96 valence electrons. The fraction of sp³-hybridized carbons (Fsp3) is 0.636. The van der Waals surface area contributed by atoms with Gasteiger partial charge in [-0.2, -0.15) is 0 Å². The van der Waals surface area contributed by atoms with E-state index >= 15 is 0 Å². The van der Waals surface area contributed by atoms with Crippen LogP contribution in [0.4, 0.5) is 11.6 Å². The highest BCUT2D eigenvalue weighted by molar-refractivity contribution is 5.65. The summed E-state index contributed by atoms with van der Waals surface area (Å²) in [6, 6.07) is 0. The highest BCUT2D eigenvalue weighted by Crippen LogP contribution is 2.33. The van der Waals surface area contributed by atoms with E-state index in [1.807, 2.05) is 25.8 Å². The monoisotopic (exact) mass is 240 g/mol. The zero-order chi connectivity index (χ0) is 13.1. The van der Waals surface area contributed by atoms with E-state index in [1.165, 1.54) is 6.33 Å². The molecule has 0 aliphatic heterocycles. The second-order valence-electron chi connectivity index (χ2n) is 4.36. The number of nitrogens with zero attached hydrogens (tertiary/aromatic N) is 3. The van der Waals surface area contributed by atoms with Crippen LogP contribution in [0.15, 0.2) is 6.33 Å². The SMILES string of the molecule is CNc1ncnc(N(C)C(C)(C)CO)c1OC. The lowest BCUT2D eigenvalue weighted by Gasteiger charge is -2.35. The topological polar surface area (TPSA) is 70.5 Å². The molecule has 1 aromatic rings. The number of hydrogen-bond acceptors (Lipinski definition) is 6. The van der Waals surface area contributed by atoms with Crippen LogP contribution in [0.5, 0.6) is 5.75 Å². The summed E-state index contributed by atoms with van der Waals surface area (Å²) in [6.45, 7) is 3.87. The number of nitrogens with one attached hydrogen (secondary N) is 1. The van der Waals surface area contributed by atoms with Crippen molar-refractivity contribution in [3.05, 3.63) is 6.33 Å². The van der Waals surface area contributed by atoms with Gasteiger partial charge in [0.25, 0.3) is 0 Å². The number of rotatable bonds is 5. The largest absolute Gasteiger partial charge is 0.490 e. The fourth-order valence-electron chi connectivity index (χ4n) is 1.36. The molecule has 0 spiro atoms. The van der Waals surface area contributed by atoms with Gasteiger partial charge in [0.2, 0.25) is 5.75 Å². The van der Waals surface area contributed by atoms with Crippen molar-refractivity contribution in [3.8, 4) is 5.75 Å². The van der Waals surface area contributed by atoms with Crippen LogP contribution in [0.25, 0.3) is 0 Å². The molecule has 0 bridgehead atoms. The van der Waals surface area contributed by atoms with Gasteiger partial charge in [-0.05, 0) is 13.8 Å². The minimum Gasteiger partial charge on any atom is -0.490 e. The molecule has 0 radical (unpaired) electrons. The van der Waals surface area contributed by atoms with Crippen LogP contribution < -0.4 is 15.0 Å². The molecule has 17 heavy (non-hydrogen) atoms. The van der Waals surface area contributed by atoms with Crippen molar-refractivity contribution in [1.29, 1.82) is 0 Å². The quantitative estimate of drug-likeness (QED) is 0.791. The number of ether oxygens (including phenoxy) is 1. The van der Waals surface area contributed by atoms with Crippen LogP contribution in [-0.4, -0.2) is 48.4 Å². The van der Waals surface area contributed by atoms with E-state index in [1.54, 1.807) is 14.2 Å². The Morgan fingerprint density at radius 1 is 1.47 bits per heavy atom. The van der Waals surface area contributed by atoms with Crippen molar-refractivity contribution in [2.24, 2.45) is 0 Å². The van der Waals surface area contributed by atoms with Gasteiger partial charge in [-0.3, -0.25) is 0 Å². The standard InChI is InChI=1S/C11H20N4O2/c1-11(2,6-16)15(4)10-8(17-5)9(12-3)13-7-14-10/h7,16H,6H2,1-5H3,(H,12,13,14). The Morgan fingerprint density at radius 3 is 2.59 bits per heavy atom. The molecular formula is C11H20N4O2. The van der Waals surface area contributed by atoms with Gasteiger partial charge < -0.3 is 20.1 Å². The first-order valence-electron chi connectivity index (χ1n) is 5.39. The summed E-state index contributed by atoms with van der Waals surface area (Å²) >= 11 is 0. The number of aromatic nitrogens is 2. The first kappa shape index (κ1) is 13.5. The van der Waals surface area contributed by atoms with Crippen molar-refractivity contribution in [3.63, 3.8) is 0 Å². The Labute approximate surface area is 102 Å². The zero-order valence-corrected chi connectivity index (χ0v) is 11.0. The third-order valence-corrected chi connectivity index (χ3v) is 2.84. The molecular weight excluding hydrogens is 220 g/mol. The van der Waals surface area contributed by atoms with E-state index in [0.29, 0.717) is 17.4 Å². The molecule has 0 fully saturated rings. The maximum Gasteiger partial charge on any atom is 0.204 e. The molecule has 0 saturated carbocycles. The number of likely N-dealkylation sites (N-methyl/N-ethyl adjacent to an activating group) is 1. The van der Waals surface area contributed by atoms with Crippen LogP contribution in [0.1, 0.15) is 13.8 Å². The molecule has 1 heterocycles. The summed E-state index contributed by atoms with van der Waals surface area (Å²) in [6.07, 6.45) is 1.47. The van der Waals surface area contributed by atoms with Crippen LogP contribution in [0.2, 0.25) is 0 Å². The number of anilines is 2. The van der Waals surface area contributed by atoms with E-state index in [-0.39, 0.29) is 6.61 Å². The van der Waals surface area contributed by atoms with E-state index in [0.717, 1.165) is 0 Å². The molecule has 1 rings (SSSR count). The van der Waals surface area contributed by atoms with E-state index < -0.39 is 5.54 Å². The van der Waals surface area contributed by atoms with E-state index in [9.17, 15) is 5.11 Å². The molecule has 0 saturated heterocycles. The molecule has 0 aliphatic rings. The summed E-state index contributed by atoms with van der Waals surface area (Å²) in [5.41, 5.74) is -0.424. The van der Waals surface area contributed by atoms with E-state index in [2.05, 4.69) is 15.3 Å². The lowest BCUT2D eigenvalue weighted by Crippen LogP contribution is -2.45. The number of aliphatic hydroxyl groups excluding tert-OH is 1. The summed E-state index contributed by atoms with van der Waals surface area (Å²) in [5.74, 6) is 1.84. The van der Waals surface area contributed by atoms with Crippen LogP contribution >= 0.6 is 0 Å². The van der Waals surface area contributed by atoms with Gasteiger partial charge in [0.1, 0.15) is 6.33 Å². The van der Waals surface area contributed by atoms with Gasteiger partial charge in [0.05, 0.1) is 19.3 Å². The second-order valence-corrected chi connectivity index (χ2v) is 4.36. The van der Waals surface area contributed by atoms with Crippen molar-refractivity contribution < 1.29 is 9.84 Å². The highest BCUT2D eigenvalue weighted by atomic mass is 16.5. The first-order valence-corrected chi connectivity index (χ1v) is 5.39. The summed E-state index contributed by atoms with van der Waals surface area (Å²) in [7, 11) is 5.20.